The number of nitrogens with zero attached hydrogens (tertiary/aromatic N) is 1. The second-order valence-electron chi connectivity index (χ2n) is 6.54. The second kappa shape index (κ2) is 4.31. The van der Waals surface area contributed by atoms with Crippen molar-refractivity contribution in [2.75, 3.05) is 6.54 Å². The molecular formula is C16H18N2O3. The zero-order chi connectivity index (χ0) is 14.7. The first-order valence-electron chi connectivity index (χ1n) is 7.45. The van der Waals surface area contributed by atoms with E-state index in [2.05, 4.69) is 0 Å². The van der Waals surface area contributed by atoms with Gasteiger partial charge in [0.1, 0.15) is 0 Å². The zero-order valence-electron chi connectivity index (χ0n) is 11.6. The molecule has 1 aromatic carbocycles. The largest absolute Gasteiger partial charge is 0.391 e. The van der Waals surface area contributed by atoms with Crippen LogP contribution in [-0.2, 0) is 0 Å². The van der Waals surface area contributed by atoms with E-state index >= 15 is 0 Å². The quantitative estimate of drug-likeness (QED) is 0.836. The van der Waals surface area contributed by atoms with Gasteiger partial charge in [-0.2, -0.15) is 0 Å². The van der Waals surface area contributed by atoms with Crippen LogP contribution < -0.4 is 5.73 Å². The first-order chi connectivity index (χ1) is 10.1. The molecule has 1 aliphatic heterocycles. The van der Waals surface area contributed by atoms with Crippen LogP contribution in [0, 0.1) is 17.8 Å². The van der Waals surface area contributed by atoms with Crippen LogP contribution in [0.2, 0.25) is 0 Å². The van der Waals surface area contributed by atoms with Crippen molar-refractivity contribution in [2.45, 2.75) is 25.0 Å². The molecule has 0 unspecified atom stereocenters. The molecule has 21 heavy (non-hydrogen) atoms. The molecule has 5 atom stereocenters. The molecule has 0 aromatic heterocycles. The van der Waals surface area contributed by atoms with Crippen LogP contribution in [0.1, 0.15) is 33.6 Å². The Morgan fingerprint density at radius 2 is 1.76 bits per heavy atom. The Hall–Kier alpha value is -1.88. The van der Waals surface area contributed by atoms with Crippen molar-refractivity contribution in [1.29, 1.82) is 0 Å². The lowest BCUT2D eigenvalue weighted by Crippen LogP contribution is -2.43. The summed E-state index contributed by atoms with van der Waals surface area (Å²) in [5.41, 5.74) is 6.16. The lowest BCUT2D eigenvalue weighted by atomic mass is 9.88. The van der Waals surface area contributed by atoms with Gasteiger partial charge in [-0.25, -0.2) is 0 Å². The van der Waals surface area contributed by atoms with E-state index < -0.39 is 5.91 Å². The number of primary amides is 1. The third-order valence-electron chi connectivity index (χ3n) is 5.53. The van der Waals surface area contributed by atoms with E-state index in [1.165, 1.54) is 0 Å². The van der Waals surface area contributed by atoms with E-state index in [1.54, 1.807) is 24.3 Å². The Morgan fingerprint density at radius 1 is 1.10 bits per heavy atom. The maximum absolute atomic E-state index is 12.7. The van der Waals surface area contributed by atoms with E-state index in [1.807, 2.05) is 4.90 Å². The molecule has 1 saturated heterocycles. The summed E-state index contributed by atoms with van der Waals surface area (Å²) >= 11 is 0. The number of fused-ring (bicyclic) bond motifs is 1. The van der Waals surface area contributed by atoms with Crippen LogP contribution in [0.3, 0.4) is 0 Å². The van der Waals surface area contributed by atoms with Crippen molar-refractivity contribution in [2.24, 2.45) is 23.5 Å². The Labute approximate surface area is 122 Å². The molecule has 4 rings (SSSR count). The molecular weight excluding hydrogens is 268 g/mol. The predicted octanol–water partition coefficient (Wildman–Crippen LogP) is 0.627. The summed E-state index contributed by atoms with van der Waals surface area (Å²) in [5.74, 6) is 0.850. The third-order valence-corrected chi connectivity index (χ3v) is 5.53. The van der Waals surface area contributed by atoms with Crippen molar-refractivity contribution >= 4 is 11.8 Å². The van der Waals surface area contributed by atoms with Gasteiger partial charge in [-0.3, -0.25) is 9.59 Å². The summed E-state index contributed by atoms with van der Waals surface area (Å²) in [5, 5.41) is 10.3. The summed E-state index contributed by atoms with van der Waals surface area (Å²) in [4.78, 5) is 25.6. The molecule has 5 nitrogen and oxygen atoms in total. The highest BCUT2D eigenvalue weighted by Gasteiger charge is 2.59. The van der Waals surface area contributed by atoms with Gasteiger partial charge < -0.3 is 15.7 Å². The first-order valence-corrected chi connectivity index (χ1v) is 7.45. The molecule has 2 aliphatic carbocycles. The molecule has 2 amide bonds. The van der Waals surface area contributed by atoms with E-state index in [-0.39, 0.29) is 18.1 Å². The summed E-state index contributed by atoms with van der Waals surface area (Å²) in [6, 6.07) is 6.42. The van der Waals surface area contributed by atoms with Crippen LogP contribution in [-0.4, -0.2) is 40.5 Å². The summed E-state index contributed by atoms with van der Waals surface area (Å²) in [7, 11) is 0. The first kappa shape index (κ1) is 12.8. The van der Waals surface area contributed by atoms with E-state index in [9.17, 15) is 14.7 Å². The monoisotopic (exact) mass is 286 g/mol. The summed E-state index contributed by atoms with van der Waals surface area (Å²) < 4.78 is 0. The molecule has 3 aliphatic rings. The number of carbonyl (C=O) groups is 2. The van der Waals surface area contributed by atoms with Crippen LogP contribution in [0.25, 0.3) is 0 Å². The van der Waals surface area contributed by atoms with Gasteiger partial charge in [0, 0.05) is 17.7 Å². The number of hydrogen-bond acceptors (Lipinski definition) is 3. The fraction of sp³-hybridized carbons (Fsp3) is 0.500. The van der Waals surface area contributed by atoms with Gasteiger partial charge in [-0.05, 0) is 54.9 Å². The van der Waals surface area contributed by atoms with E-state index in [0.29, 0.717) is 28.9 Å². The summed E-state index contributed by atoms with van der Waals surface area (Å²) in [6.07, 6.45) is 1.73. The average Bonchev–Trinajstić information content (AvgIpc) is 3.08. The number of aliphatic hydroxyl groups is 1. The smallest absolute Gasteiger partial charge is 0.254 e. The SMILES string of the molecule is NC(=O)c1ccc(C(=O)N2C[C@@H]3C[C@H]4C[C@H]3[C@@H]2[C@H]4O)cc1. The van der Waals surface area contributed by atoms with Crippen LogP contribution in [0.5, 0.6) is 0 Å². The number of benzene rings is 1. The van der Waals surface area contributed by atoms with Gasteiger partial charge in [0.25, 0.3) is 5.91 Å². The Morgan fingerprint density at radius 3 is 2.38 bits per heavy atom. The predicted molar refractivity (Wildman–Crippen MR) is 75.5 cm³/mol. The van der Waals surface area contributed by atoms with E-state index in [0.717, 1.165) is 19.4 Å². The minimum absolute atomic E-state index is 0.0166. The van der Waals surface area contributed by atoms with Gasteiger partial charge in [-0.15, -0.1) is 0 Å². The molecule has 1 aromatic rings. The molecule has 0 radical (unpaired) electrons. The molecule has 2 bridgehead atoms. The average molecular weight is 286 g/mol. The standard InChI is InChI=1S/C16H18N2O3/c17-15(20)8-1-3-9(4-2-8)16(21)18-7-11-5-10-6-12(11)13(18)14(10)19/h1-4,10-14,19H,5-7H2,(H2,17,20)/t10-,11-,12+,13+,14-/m0/s1. The lowest BCUT2D eigenvalue weighted by molar-refractivity contribution is 0.0402. The molecule has 3 N–H and O–H groups in total. The lowest BCUT2D eigenvalue weighted by Gasteiger charge is -2.29. The van der Waals surface area contributed by atoms with Gasteiger partial charge >= 0.3 is 0 Å². The topological polar surface area (TPSA) is 83.6 Å². The molecule has 1 heterocycles. The van der Waals surface area contributed by atoms with Gasteiger partial charge in [0.05, 0.1) is 12.1 Å². The summed E-state index contributed by atoms with van der Waals surface area (Å²) in [6.45, 7) is 0.749. The maximum Gasteiger partial charge on any atom is 0.254 e. The van der Waals surface area contributed by atoms with Crippen LogP contribution in [0.4, 0.5) is 0 Å². The molecule has 5 heteroatoms. The Bertz CT molecular complexity index is 610. The van der Waals surface area contributed by atoms with Crippen molar-refractivity contribution in [3.63, 3.8) is 0 Å². The van der Waals surface area contributed by atoms with E-state index in [4.69, 9.17) is 5.73 Å². The third kappa shape index (κ3) is 1.73. The number of rotatable bonds is 2. The van der Waals surface area contributed by atoms with Crippen molar-refractivity contribution < 1.29 is 14.7 Å². The fourth-order valence-electron chi connectivity index (χ4n) is 4.59. The van der Waals surface area contributed by atoms with Crippen molar-refractivity contribution in [3.8, 4) is 0 Å². The number of likely N-dealkylation sites (tertiary alicyclic amines) is 1. The highest BCUT2D eigenvalue weighted by Crippen LogP contribution is 2.55. The van der Waals surface area contributed by atoms with Crippen molar-refractivity contribution in [3.05, 3.63) is 35.4 Å². The maximum atomic E-state index is 12.7. The van der Waals surface area contributed by atoms with Crippen LogP contribution in [0.15, 0.2) is 24.3 Å². The van der Waals surface area contributed by atoms with Gasteiger partial charge in [0.2, 0.25) is 5.91 Å². The number of hydrogen-bond donors (Lipinski definition) is 2. The highest BCUT2D eigenvalue weighted by molar-refractivity contribution is 5.97. The van der Waals surface area contributed by atoms with Crippen molar-refractivity contribution in [1.82, 2.24) is 4.90 Å². The minimum Gasteiger partial charge on any atom is -0.391 e. The van der Waals surface area contributed by atoms with Gasteiger partial charge in [-0.1, -0.05) is 0 Å². The minimum atomic E-state index is -0.498. The highest BCUT2D eigenvalue weighted by atomic mass is 16.3. The normalized spacial score (nSPS) is 36.2. The molecule has 3 fully saturated rings. The fourth-order valence-corrected chi connectivity index (χ4v) is 4.59. The molecule has 2 saturated carbocycles. The zero-order valence-corrected chi connectivity index (χ0v) is 11.6. The van der Waals surface area contributed by atoms with Gasteiger partial charge in [0.15, 0.2) is 0 Å². The number of carbonyl (C=O) groups excluding carboxylic acids is 2. The Balaban J connectivity index is 1.59. The second-order valence-corrected chi connectivity index (χ2v) is 6.54. The molecule has 110 valence electrons. The Kier molecular flexibility index (Phi) is 2.63. The molecule has 0 spiro atoms. The number of nitrogens with two attached hydrogens (primary N) is 1. The number of amides is 2. The number of aliphatic hydroxyl groups excluding tert-OH is 1. The van der Waals surface area contributed by atoms with Crippen LogP contribution >= 0.6 is 0 Å².